The summed E-state index contributed by atoms with van der Waals surface area (Å²) in [6.07, 6.45) is 0. The van der Waals surface area contributed by atoms with Crippen LogP contribution in [0, 0.1) is 0 Å². The molecule has 2 aromatic heterocycles. The number of aromatic nitrogens is 4. The van der Waals surface area contributed by atoms with Crippen LogP contribution in [0.25, 0.3) is 21.9 Å². The van der Waals surface area contributed by atoms with E-state index >= 15 is 0 Å². The van der Waals surface area contributed by atoms with Crippen LogP contribution in [0.15, 0.2) is 52.1 Å². The highest BCUT2D eigenvalue weighted by atomic mass is 16.2. The molecule has 2 heterocycles. The molecule has 126 valence electrons. The van der Waals surface area contributed by atoms with Gasteiger partial charge in [-0.25, -0.2) is 4.79 Å². The molecule has 0 amide bonds. The number of benzene rings is 2. The van der Waals surface area contributed by atoms with E-state index in [0.717, 1.165) is 20.9 Å². The zero-order valence-corrected chi connectivity index (χ0v) is 13.9. The van der Waals surface area contributed by atoms with E-state index in [4.69, 9.17) is 5.73 Å². The number of fused-ring (bicyclic) bond motifs is 2. The molecule has 0 radical (unpaired) electrons. The summed E-state index contributed by atoms with van der Waals surface area (Å²) in [6, 6.07) is 14.0. The van der Waals surface area contributed by atoms with E-state index in [1.165, 1.54) is 11.6 Å². The highest BCUT2D eigenvalue weighted by molar-refractivity contribution is 5.86. The van der Waals surface area contributed by atoms with Crippen molar-refractivity contribution in [1.29, 1.82) is 0 Å². The maximum atomic E-state index is 12.6. The summed E-state index contributed by atoms with van der Waals surface area (Å²) in [7, 11) is 3.04. The predicted octanol–water partition coefficient (Wildman–Crippen LogP) is 1.22. The lowest BCUT2D eigenvalue weighted by molar-refractivity contribution is 0.703. The van der Waals surface area contributed by atoms with Crippen molar-refractivity contribution in [3.05, 3.63) is 68.9 Å². The average Bonchev–Trinajstić information content (AvgIpc) is 2.95. The van der Waals surface area contributed by atoms with Gasteiger partial charge in [0.15, 0.2) is 11.2 Å². The molecule has 0 spiro atoms. The van der Waals surface area contributed by atoms with Crippen LogP contribution in [0.3, 0.4) is 0 Å². The number of nitrogen functional groups attached to an aromatic ring is 1. The van der Waals surface area contributed by atoms with Crippen LogP contribution in [0.2, 0.25) is 0 Å². The van der Waals surface area contributed by atoms with Gasteiger partial charge in [0.1, 0.15) is 0 Å². The van der Waals surface area contributed by atoms with Gasteiger partial charge in [0.2, 0.25) is 5.95 Å². The van der Waals surface area contributed by atoms with Crippen molar-refractivity contribution >= 4 is 27.9 Å². The Bertz CT molecular complexity index is 1240. The van der Waals surface area contributed by atoms with Gasteiger partial charge in [-0.3, -0.25) is 13.9 Å². The fourth-order valence-corrected chi connectivity index (χ4v) is 3.22. The zero-order chi connectivity index (χ0) is 17.7. The van der Waals surface area contributed by atoms with E-state index in [2.05, 4.69) is 4.98 Å². The number of nitrogens with two attached hydrogens (primary N) is 1. The number of hydrogen-bond acceptors (Lipinski definition) is 4. The minimum absolute atomic E-state index is 0.209. The maximum absolute atomic E-state index is 12.6. The highest BCUT2D eigenvalue weighted by Crippen LogP contribution is 2.22. The third kappa shape index (κ3) is 2.16. The van der Waals surface area contributed by atoms with E-state index < -0.39 is 11.2 Å². The zero-order valence-electron chi connectivity index (χ0n) is 13.9. The Morgan fingerprint density at radius 2 is 1.72 bits per heavy atom. The Morgan fingerprint density at radius 1 is 1.00 bits per heavy atom. The van der Waals surface area contributed by atoms with Gasteiger partial charge in [-0.1, -0.05) is 42.5 Å². The molecule has 0 aliphatic rings. The molecule has 4 rings (SSSR count). The predicted molar refractivity (Wildman–Crippen MR) is 97.7 cm³/mol. The second kappa shape index (κ2) is 5.34. The molecule has 0 saturated carbocycles. The van der Waals surface area contributed by atoms with Gasteiger partial charge in [0.05, 0.1) is 6.54 Å². The molecule has 0 fully saturated rings. The topological polar surface area (TPSA) is 87.8 Å². The SMILES string of the molecule is Cn1c(=O)c2c(nc(N)n2Cc2cccc3ccccc23)n(C)c1=O. The molecule has 0 saturated heterocycles. The van der Waals surface area contributed by atoms with Crippen molar-refractivity contribution < 1.29 is 0 Å². The summed E-state index contributed by atoms with van der Waals surface area (Å²) in [5.74, 6) is 0.209. The molecule has 0 aliphatic carbocycles. The Balaban J connectivity index is 2.00. The van der Waals surface area contributed by atoms with Crippen LogP contribution >= 0.6 is 0 Å². The first-order valence-corrected chi connectivity index (χ1v) is 7.87. The highest BCUT2D eigenvalue weighted by Gasteiger charge is 2.18. The van der Waals surface area contributed by atoms with Gasteiger partial charge in [-0.15, -0.1) is 0 Å². The van der Waals surface area contributed by atoms with Gasteiger partial charge in [0, 0.05) is 14.1 Å². The molecular formula is C18H17N5O2. The lowest BCUT2D eigenvalue weighted by Crippen LogP contribution is -2.37. The van der Waals surface area contributed by atoms with Gasteiger partial charge in [-0.2, -0.15) is 4.98 Å². The van der Waals surface area contributed by atoms with Crippen molar-refractivity contribution in [2.45, 2.75) is 6.54 Å². The molecular weight excluding hydrogens is 318 g/mol. The molecule has 0 aliphatic heterocycles. The fraction of sp³-hybridized carbons (Fsp3) is 0.167. The van der Waals surface area contributed by atoms with Crippen molar-refractivity contribution in [3.63, 3.8) is 0 Å². The second-order valence-electron chi connectivity index (χ2n) is 6.07. The van der Waals surface area contributed by atoms with Crippen molar-refractivity contribution in [2.75, 3.05) is 5.73 Å². The maximum Gasteiger partial charge on any atom is 0.332 e. The van der Waals surface area contributed by atoms with Crippen LogP contribution in [-0.4, -0.2) is 18.7 Å². The molecule has 0 bridgehead atoms. The molecule has 7 heteroatoms. The van der Waals surface area contributed by atoms with Crippen LogP contribution in [0.1, 0.15) is 5.56 Å². The molecule has 2 N–H and O–H groups in total. The van der Waals surface area contributed by atoms with Crippen LogP contribution < -0.4 is 17.0 Å². The van der Waals surface area contributed by atoms with Crippen LogP contribution in [0.4, 0.5) is 5.95 Å². The van der Waals surface area contributed by atoms with Gasteiger partial charge < -0.3 is 10.3 Å². The number of nitrogens with zero attached hydrogens (tertiary/aromatic N) is 4. The first-order valence-electron chi connectivity index (χ1n) is 7.87. The largest absolute Gasteiger partial charge is 0.369 e. The minimum Gasteiger partial charge on any atom is -0.369 e. The summed E-state index contributed by atoms with van der Waals surface area (Å²) < 4.78 is 4.08. The number of hydrogen-bond donors (Lipinski definition) is 1. The van der Waals surface area contributed by atoms with Crippen molar-refractivity contribution in [1.82, 2.24) is 18.7 Å². The minimum atomic E-state index is -0.424. The number of imidazole rings is 1. The molecule has 0 atom stereocenters. The van der Waals surface area contributed by atoms with E-state index in [0.29, 0.717) is 17.7 Å². The summed E-state index contributed by atoms with van der Waals surface area (Å²) in [6.45, 7) is 0.400. The van der Waals surface area contributed by atoms with Crippen molar-refractivity contribution in [3.8, 4) is 0 Å². The van der Waals surface area contributed by atoms with E-state index in [1.54, 1.807) is 11.6 Å². The molecule has 4 aromatic rings. The van der Waals surface area contributed by atoms with Gasteiger partial charge in [0.25, 0.3) is 5.56 Å². The first-order chi connectivity index (χ1) is 12.0. The summed E-state index contributed by atoms with van der Waals surface area (Å²) >= 11 is 0. The van der Waals surface area contributed by atoms with Crippen molar-refractivity contribution in [2.24, 2.45) is 14.1 Å². The first kappa shape index (κ1) is 15.2. The van der Waals surface area contributed by atoms with Gasteiger partial charge >= 0.3 is 5.69 Å². The number of rotatable bonds is 2. The quantitative estimate of drug-likeness (QED) is 0.596. The summed E-state index contributed by atoms with van der Waals surface area (Å²) in [5, 5.41) is 2.20. The average molecular weight is 335 g/mol. The number of anilines is 1. The molecule has 0 unspecified atom stereocenters. The molecule has 2 aromatic carbocycles. The Morgan fingerprint density at radius 3 is 2.52 bits per heavy atom. The van der Waals surface area contributed by atoms with Crippen LogP contribution in [0.5, 0.6) is 0 Å². The summed E-state index contributed by atoms with van der Waals surface area (Å²) in [4.78, 5) is 29.0. The third-order valence-corrected chi connectivity index (χ3v) is 4.59. The standard InChI is InChI=1S/C18H17N5O2/c1-21-15-14(16(24)22(2)18(21)25)23(17(19)20-15)10-12-8-5-7-11-6-3-4-9-13(11)12/h3-9H,10H2,1-2H3,(H2,19,20). The normalized spacial score (nSPS) is 11.4. The summed E-state index contributed by atoms with van der Waals surface area (Å²) in [5.41, 5.74) is 6.90. The smallest absolute Gasteiger partial charge is 0.332 e. The second-order valence-corrected chi connectivity index (χ2v) is 6.07. The van der Waals surface area contributed by atoms with E-state index in [9.17, 15) is 9.59 Å². The van der Waals surface area contributed by atoms with Crippen LogP contribution in [-0.2, 0) is 20.6 Å². The molecule has 7 nitrogen and oxygen atoms in total. The fourth-order valence-electron chi connectivity index (χ4n) is 3.22. The van der Waals surface area contributed by atoms with E-state index in [-0.39, 0.29) is 5.95 Å². The lowest BCUT2D eigenvalue weighted by atomic mass is 10.0. The third-order valence-electron chi connectivity index (χ3n) is 4.59. The van der Waals surface area contributed by atoms with Gasteiger partial charge in [-0.05, 0) is 16.3 Å². The lowest BCUT2D eigenvalue weighted by Gasteiger charge is -2.10. The van der Waals surface area contributed by atoms with E-state index in [1.807, 2.05) is 42.5 Å². The Hall–Kier alpha value is -3.35. The Labute approximate surface area is 142 Å². The monoisotopic (exact) mass is 335 g/mol. The molecule has 25 heavy (non-hydrogen) atoms. The number of aryl methyl sites for hydroxylation is 1. The Kier molecular flexibility index (Phi) is 3.24.